The van der Waals surface area contributed by atoms with E-state index in [0.29, 0.717) is 0 Å². The van der Waals surface area contributed by atoms with Gasteiger partial charge in [-0.05, 0) is 39.8 Å². The molecule has 0 aliphatic carbocycles. The second-order valence-corrected chi connectivity index (χ2v) is 10.4. The Hall–Kier alpha value is -3.27. The highest BCUT2D eigenvalue weighted by atomic mass is 31.2. The Balaban J connectivity index is 1.81. The van der Waals surface area contributed by atoms with Gasteiger partial charge in [0.1, 0.15) is 29.9 Å². The third kappa shape index (κ3) is 6.94. The fraction of sp³-hybridized carbons (Fsp3) is 0.478. The number of H-pyrrole nitrogens is 1. The van der Waals surface area contributed by atoms with Gasteiger partial charge in [-0.15, -0.1) is 0 Å². The average molecular weight is 536 g/mol. The van der Waals surface area contributed by atoms with Crippen LogP contribution in [0.15, 0.2) is 46.1 Å². The molecule has 0 spiro atoms. The standard InChI is InChI=1S/C23H29N4O9P/c1-13(2)34-22(30)15(4)26-37(32,36-16-8-6-5-7-9-16)33-12-18-19(28)17(10-24)21(35-18)27-11-14(3)20(29)25-23(27)31/h5-9,11,13,15,17-19,21,28H,12H2,1-4H3,(H,26,32)(H,25,29,31)/t15-,17?,18-,19-,21-,37?/m0/s1. The first-order valence-corrected chi connectivity index (χ1v) is 13.0. The molecular formula is C23H29N4O9P. The Morgan fingerprint density at radius 1 is 1.30 bits per heavy atom. The lowest BCUT2D eigenvalue weighted by Gasteiger charge is -2.25. The van der Waals surface area contributed by atoms with Crippen LogP contribution in [0, 0.1) is 24.2 Å². The van der Waals surface area contributed by atoms with Crippen LogP contribution in [0.1, 0.15) is 32.6 Å². The normalized spacial score (nSPS) is 23.7. The lowest BCUT2D eigenvalue weighted by Crippen LogP contribution is -2.37. The summed E-state index contributed by atoms with van der Waals surface area (Å²) in [5, 5.41) is 22.8. The number of aliphatic hydroxyl groups is 1. The van der Waals surface area contributed by atoms with E-state index in [9.17, 15) is 29.3 Å². The summed E-state index contributed by atoms with van der Waals surface area (Å²) in [6, 6.07) is 8.88. The van der Waals surface area contributed by atoms with Crippen LogP contribution < -0.4 is 20.9 Å². The number of aromatic nitrogens is 2. The van der Waals surface area contributed by atoms with Crippen molar-refractivity contribution in [3.8, 4) is 11.8 Å². The number of nitrogens with zero attached hydrogens (tertiary/aromatic N) is 2. The third-order valence-corrected chi connectivity index (χ3v) is 7.02. The van der Waals surface area contributed by atoms with Crippen LogP contribution in [0.25, 0.3) is 0 Å². The molecule has 1 aromatic heterocycles. The van der Waals surface area contributed by atoms with Gasteiger partial charge in [0.25, 0.3) is 5.56 Å². The van der Waals surface area contributed by atoms with Crippen molar-refractivity contribution in [1.82, 2.24) is 14.6 Å². The molecule has 3 N–H and O–H groups in total. The van der Waals surface area contributed by atoms with Crippen LogP contribution in [-0.2, 0) is 23.4 Å². The fourth-order valence-corrected chi connectivity index (χ4v) is 5.04. The van der Waals surface area contributed by atoms with Gasteiger partial charge in [0.2, 0.25) is 0 Å². The van der Waals surface area contributed by atoms with Crippen LogP contribution in [0.3, 0.4) is 0 Å². The molecule has 0 amide bonds. The molecule has 14 heteroatoms. The van der Waals surface area contributed by atoms with Crippen LogP contribution in [0.4, 0.5) is 0 Å². The number of rotatable bonds is 10. The molecule has 2 heterocycles. The number of nitrogens with one attached hydrogen (secondary N) is 2. The predicted octanol–water partition coefficient (Wildman–Crippen LogP) is 1.38. The maximum Gasteiger partial charge on any atom is 0.459 e. The SMILES string of the molecule is Cc1cn([C@H]2O[C@@H](COP(=O)(N[C@@H](C)C(=O)OC(C)C)Oc3ccccc3)[C@@H](O)C2C#N)c(=O)[nH]c1=O. The van der Waals surface area contributed by atoms with Crippen molar-refractivity contribution in [1.29, 1.82) is 5.26 Å². The Labute approximate surface area is 212 Å². The number of carbonyl (C=O) groups excluding carboxylic acids is 1. The van der Waals surface area contributed by atoms with Crippen molar-refractivity contribution in [3.63, 3.8) is 0 Å². The smallest absolute Gasteiger partial charge is 0.459 e. The van der Waals surface area contributed by atoms with Gasteiger partial charge in [0.05, 0.1) is 18.8 Å². The number of para-hydroxylation sites is 1. The van der Waals surface area contributed by atoms with E-state index in [1.807, 2.05) is 6.07 Å². The van der Waals surface area contributed by atoms with Gasteiger partial charge in [-0.3, -0.25) is 23.7 Å². The summed E-state index contributed by atoms with van der Waals surface area (Å²) >= 11 is 0. The average Bonchev–Trinajstić information content (AvgIpc) is 3.15. The van der Waals surface area contributed by atoms with Crippen molar-refractivity contribution < 1.29 is 33.0 Å². The summed E-state index contributed by atoms with van der Waals surface area (Å²) in [6.45, 7) is 5.68. The zero-order valence-electron chi connectivity index (χ0n) is 20.7. The molecule has 3 rings (SSSR count). The van der Waals surface area contributed by atoms with Gasteiger partial charge in [0, 0.05) is 11.8 Å². The summed E-state index contributed by atoms with van der Waals surface area (Å²) < 4.78 is 36.6. The molecule has 1 aromatic carbocycles. The Bertz CT molecular complexity index is 1300. The molecule has 1 aliphatic rings. The molecule has 2 unspecified atom stereocenters. The van der Waals surface area contributed by atoms with Gasteiger partial charge in [0.15, 0.2) is 6.23 Å². The van der Waals surface area contributed by atoms with Crippen LogP contribution in [-0.4, -0.2) is 51.6 Å². The number of esters is 1. The number of hydrogen-bond donors (Lipinski definition) is 3. The zero-order chi connectivity index (χ0) is 27.3. The maximum absolute atomic E-state index is 13.6. The van der Waals surface area contributed by atoms with Gasteiger partial charge < -0.3 is 19.1 Å². The van der Waals surface area contributed by atoms with Gasteiger partial charge in [-0.25, -0.2) is 9.36 Å². The van der Waals surface area contributed by atoms with E-state index in [-0.39, 0.29) is 11.3 Å². The Kier molecular flexibility index (Phi) is 9.07. The third-order valence-electron chi connectivity index (χ3n) is 5.37. The first-order chi connectivity index (χ1) is 17.4. The number of carbonyl (C=O) groups is 1. The highest BCUT2D eigenvalue weighted by Gasteiger charge is 2.47. The van der Waals surface area contributed by atoms with E-state index >= 15 is 0 Å². The number of ether oxygens (including phenoxy) is 2. The molecule has 37 heavy (non-hydrogen) atoms. The van der Waals surface area contributed by atoms with Gasteiger partial charge >= 0.3 is 19.4 Å². The van der Waals surface area contributed by atoms with E-state index in [0.717, 1.165) is 4.57 Å². The molecule has 6 atom stereocenters. The summed E-state index contributed by atoms with van der Waals surface area (Å²) in [7, 11) is -4.26. The van der Waals surface area contributed by atoms with Crippen molar-refractivity contribution in [2.45, 2.75) is 58.3 Å². The molecule has 200 valence electrons. The van der Waals surface area contributed by atoms with Crippen molar-refractivity contribution in [2.75, 3.05) is 6.61 Å². The van der Waals surface area contributed by atoms with Gasteiger partial charge in [-0.2, -0.15) is 10.3 Å². The molecule has 1 aliphatic heterocycles. The van der Waals surface area contributed by atoms with E-state index in [2.05, 4.69) is 10.1 Å². The number of aromatic amines is 1. The molecule has 0 saturated carbocycles. The second kappa shape index (κ2) is 11.9. The summed E-state index contributed by atoms with van der Waals surface area (Å²) in [5.41, 5.74) is -1.23. The minimum Gasteiger partial charge on any atom is -0.462 e. The number of aryl methyl sites for hydroxylation is 1. The minimum atomic E-state index is -4.26. The molecular weight excluding hydrogens is 507 g/mol. The second-order valence-electron chi connectivity index (χ2n) is 8.72. The number of benzene rings is 1. The first kappa shape index (κ1) is 28.3. The zero-order valence-corrected chi connectivity index (χ0v) is 21.6. The first-order valence-electron chi connectivity index (χ1n) is 11.5. The molecule has 13 nitrogen and oxygen atoms in total. The van der Waals surface area contributed by atoms with E-state index in [4.69, 9.17) is 18.5 Å². The Morgan fingerprint density at radius 2 is 1.97 bits per heavy atom. The summed E-state index contributed by atoms with van der Waals surface area (Å²) in [6.07, 6.45) is -3.09. The molecule has 2 aromatic rings. The topological polar surface area (TPSA) is 182 Å². The highest BCUT2D eigenvalue weighted by molar-refractivity contribution is 7.52. The maximum atomic E-state index is 13.6. The van der Waals surface area contributed by atoms with Crippen molar-refractivity contribution in [3.05, 3.63) is 62.9 Å². The largest absolute Gasteiger partial charge is 0.462 e. The molecule has 0 bridgehead atoms. The lowest BCUT2D eigenvalue weighted by atomic mass is 10.0. The van der Waals surface area contributed by atoms with E-state index in [1.165, 1.54) is 32.2 Å². The van der Waals surface area contributed by atoms with Crippen LogP contribution in [0.5, 0.6) is 5.75 Å². The van der Waals surface area contributed by atoms with E-state index in [1.54, 1.807) is 32.0 Å². The predicted molar refractivity (Wildman–Crippen MR) is 130 cm³/mol. The minimum absolute atomic E-state index is 0.179. The quantitative estimate of drug-likeness (QED) is 0.295. The van der Waals surface area contributed by atoms with Crippen molar-refractivity contribution in [2.24, 2.45) is 5.92 Å². The summed E-state index contributed by atoms with van der Waals surface area (Å²) in [5.74, 6) is -1.72. The van der Waals surface area contributed by atoms with Crippen molar-refractivity contribution >= 4 is 13.7 Å². The van der Waals surface area contributed by atoms with E-state index < -0.39 is 68.1 Å². The molecule has 1 saturated heterocycles. The summed E-state index contributed by atoms with van der Waals surface area (Å²) in [4.78, 5) is 38.4. The molecule has 0 radical (unpaired) electrons. The lowest BCUT2D eigenvalue weighted by molar-refractivity contribution is -0.149. The fourth-order valence-electron chi connectivity index (χ4n) is 3.54. The van der Waals surface area contributed by atoms with Crippen LogP contribution >= 0.6 is 7.75 Å². The van der Waals surface area contributed by atoms with Crippen LogP contribution in [0.2, 0.25) is 0 Å². The van der Waals surface area contributed by atoms with Gasteiger partial charge in [-0.1, -0.05) is 18.2 Å². The number of nitriles is 1. The molecule has 1 fully saturated rings. The highest BCUT2D eigenvalue weighted by Crippen LogP contribution is 2.46. The Morgan fingerprint density at radius 3 is 2.59 bits per heavy atom. The number of hydrogen-bond acceptors (Lipinski definition) is 10. The number of aliphatic hydroxyl groups excluding tert-OH is 1. The monoisotopic (exact) mass is 536 g/mol.